The number of carbonyl (C=O) groups is 1. The molecule has 0 unspecified atom stereocenters. The van der Waals surface area contributed by atoms with Crippen molar-refractivity contribution < 1.29 is 32.4 Å². The van der Waals surface area contributed by atoms with E-state index >= 15 is 0 Å². The minimum Gasteiger partial charge on any atom is -0.497 e. The summed E-state index contributed by atoms with van der Waals surface area (Å²) >= 11 is 4.81. The molecule has 0 aliphatic carbocycles. The van der Waals surface area contributed by atoms with Gasteiger partial charge in [0.15, 0.2) is 10.9 Å². The molecule has 0 radical (unpaired) electrons. The summed E-state index contributed by atoms with van der Waals surface area (Å²) in [5.74, 6) is 0.972. The summed E-state index contributed by atoms with van der Waals surface area (Å²) in [6.45, 7) is 15.3. The van der Waals surface area contributed by atoms with Crippen LogP contribution in [0.3, 0.4) is 0 Å². The van der Waals surface area contributed by atoms with Crippen molar-refractivity contribution in [1.82, 2.24) is 10.4 Å². The van der Waals surface area contributed by atoms with Crippen LogP contribution >= 0.6 is 20.0 Å². The van der Waals surface area contributed by atoms with Crippen molar-refractivity contribution in [1.29, 1.82) is 0 Å². The lowest BCUT2D eigenvalue weighted by Gasteiger charge is -2.23. The molecule has 0 saturated carbocycles. The highest BCUT2D eigenvalue weighted by atomic mass is 32.1. The number of phosphoric acid groups is 1. The molecule has 0 saturated heterocycles. The van der Waals surface area contributed by atoms with E-state index in [4.69, 9.17) is 41.0 Å². The van der Waals surface area contributed by atoms with Crippen LogP contribution in [0.15, 0.2) is 30.5 Å². The monoisotopic (exact) mass is 657 g/mol. The van der Waals surface area contributed by atoms with Gasteiger partial charge in [0, 0.05) is 27.9 Å². The highest BCUT2D eigenvalue weighted by molar-refractivity contribution is 7.80. The molecule has 1 aromatic heterocycles. The van der Waals surface area contributed by atoms with Gasteiger partial charge in [0.25, 0.3) is 0 Å². The number of nitrogens with two attached hydrogens (primary N) is 1. The molecular formula is C26H44N5O7PSSi2. The summed E-state index contributed by atoms with van der Waals surface area (Å²) in [5, 5.41) is 2.68. The molecule has 2 rings (SSSR count). The quantitative estimate of drug-likeness (QED) is 0.0674. The first-order valence-electron chi connectivity index (χ1n) is 13.5. The maximum Gasteiger partial charge on any atom is 0.530 e. The highest BCUT2D eigenvalue weighted by Gasteiger charge is 2.32. The van der Waals surface area contributed by atoms with Gasteiger partial charge in [0.1, 0.15) is 18.1 Å². The number of pyridine rings is 1. The van der Waals surface area contributed by atoms with E-state index in [1.807, 2.05) is 0 Å². The van der Waals surface area contributed by atoms with Crippen molar-refractivity contribution in [3.63, 3.8) is 0 Å². The topological polar surface area (TPSA) is 155 Å². The molecule has 42 heavy (non-hydrogen) atoms. The van der Waals surface area contributed by atoms with Gasteiger partial charge in [-0.1, -0.05) is 39.3 Å². The van der Waals surface area contributed by atoms with E-state index in [1.54, 1.807) is 37.4 Å². The number of hydrazine groups is 1. The number of nitrogens with one attached hydrogen (secondary N) is 3. The highest BCUT2D eigenvalue weighted by Crippen LogP contribution is 2.51. The van der Waals surface area contributed by atoms with Crippen LogP contribution in [0, 0.1) is 6.92 Å². The average molecular weight is 658 g/mol. The number of aromatic nitrogens is 1. The van der Waals surface area contributed by atoms with Gasteiger partial charge in [-0.3, -0.25) is 25.2 Å². The molecule has 0 aliphatic rings. The summed E-state index contributed by atoms with van der Waals surface area (Å²) in [6.07, 6.45) is 0.796. The smallest absolute Gasteiger partial charge is 0.497 e. The van der Waals surface area contributed by atoms with E-state index < -0.39 is 30.1 Å². The molecule has 5 N–H and O–H groups in total. The number of phosphoric ester groups is 1. The Labute approximate surface area is 256 Å². The standard InChI is InChI=1S/C26H44N5O7PSSi2/c1-19-11-12-28-24(30-31-25(27)40)23(19)29-26(32)35-18-20-17-21(34-2)9-10-22(20)38-39(33,36-13-15-41(3,4)5)37-14-16-42(6,7)8/h9-12,17H,13-16,18H2,1-8H3,(H,28,30)(H,29,32)(H3,27,31,40). The van der Waals surface area contributed by atoms with Crippen molar-refractivity contribution >= 4 is 58.9 Å². The van der Waals surface area contributed by atoms with Crippen LogP contribution in [0.4, 0.5) is 16.3 Å². The number of hydrogen-bond acceptors (Lipinski definition) is 10. The molecule has 0 fully saturated rings. The number of nitrogens with zero attached hydrogens (tertiary/aromatic N) is 1. The van der Waals surface area contributed by atoms with E-state index in [1.165, 1.54) is 7.11 Å². The van der Waals surface area contributed by atoms with E-state index in [2.05, 4.69) is 60.4 Å². The number of rotatable bonds is 16. The summed E-state index contributed by atoms with van der Waals surface area (Å²) < 4.78 is 42.1. The first kappa shape index (κ1) is 35.5. The largest absolute Gasteiger partial charge is 0.530 e. The van der Waals surface area contributed by atoms with Gasteiger partial charge in [-0.2, -0.15) is 0 Å². The van der Waals surface area contributed by atoms with E-state index in [0.29, 0.717) is 22.6 Å². The second-order valence-corrected chi connectivity index (χ2v) is 25.2. The Kier molecular flexibility index (Phi) is 13.3. The molecule has 0 spiro atoms. The van der Waals surface area contributed by atoms with Crippen molar-refractivity contribution in [2.75, 3.05) is 31.1 Å². The fraction of sp³-hybridized carbons (Fsp3) is 0.500. The van der Waals surface area contributed by atoms with Crippen LogP contribution in [-0.4, -0.2) is 52.7 Å². The van der Waals surface area contributed by atoms with Gasteiger partial charge in [-0.15, -0.1) is 0 Å². The zero-order valence-electron chi connectivity index (χ0n) is 25.7. The summed E-state index contributed by atoms with van der Waals surface area (Å²) in [7, 11) is -5.41. The van der Waals surface area contributed by atoms with Gasteiger partial charge < -0.3 is 19.7 Å². The van der Waals surface area contributed by atoms with Crippen LogP contribution < -0.4 is 31.2 Å². The Hall–Kier alpha value is -2.69. The van der Waals surface area contributed by atoms with Crippen LogP contribution in [0.25, 0.3) is 0 Å². The maximum absolute atomic E-state index is 13.8. The van der Waals surface area contributed by atoms with Crippen molar-refractivity contribution in [2.45, 2.75) is 64.9 Å². The lowest BCUT2D eigenvalue weighted by atomic mass is 10.2. The summed E-state index contributed by atoms with van der Waals surface area (Å²) in [6, 6.07) is 8.16. The molecule has 12 nitrogen and oxygen atoms in total. The first-order valence-corrected chi connectivity index (χ1v) is 22.7. The van der Waals surface area contributed by atoms with Gasteiger partial charge >= 0.3 is 13.9 Å². The molecule has 1 amide bonds. The van der Waals surface area contributed by atoms with E-state index in [0.717, 1.165) is 12.1 Å². The van der Waals surface area contributed by atoms with Crippen LogP contribution in [0.2, 0.25) is 51.4 Å². The van der Waals surface area contributed by atoms with Crippen molar-refractivity contribution in [3.8, 4) is 11.5 Å². The van der Waals surface area contributed by atoms with Gasteiger partial charge in [-0.25, -0.2) is 14.3 Å². The van der Waals surface area contributed by atoms with E-state index in [9.17, 15) is 9.36 Å². The second kappa shape index (κ2) is 15.7. The van der Waals surface area contributed by atoms with Crippen LogP contribution in [-0.2, 0) is 25.0 Å². The molecule has 1 heterocycles. The molecule has 234 valence electrons. The Balaban J connectivity index is 2.23. The summed E-state index contributed by atoms with van der Waals surface area (Å²) in [5.41, 5.74) is 12.3. The third kappa shape index (κ3) is 13.1. The Morgan fingerprint density at radius 2 is 1.67 bits per heavy atom. The third-order valence-corrected chi connectivity index (χ3v) is 10.7. The lowest BCUT2D eigenvalue weighted by Crippen LogP contribution is -2.34. The fourth-order valence-corrected chi connectivity index (χ4v) is 6.29. The number of benzene rings is 1. The molecule has 0 atom stereocenters. The SMILES string of the molecule is COc1ccc(OP(=O)(OCC[Si](C)(C)C)OCC[Si](C)(C)C)c(COC(=O)Nc2c(C)ccnc2NNC(N)=S)c1. The Morgan fingerprint density at radius 1 is 1.05 bits per heavy atom. The lowest BCUT2D eigenvalue weighted by molar-refractivity contribution is 0.151. The van der Waals surface area contributed by atoms with Gasteiger partial charge in [-0.05, 0) is 61.1 Å². The maximum atomic E-state index is 13.8. The normalized spacial score (nSPS) is 11.9. The molecular weight excluding hydrogens is 614 g/mol. The number of carbonyl (C=O) groups excluding carboxylic acids is 1. The minimum atomic E-state index is -3.99. The first-order chi connectivity index (χ1) is 19.5. The third-order valence-electron chi connectivity index (χ3n) is 5.73. The second-order valence-electron chi connectivity index (χ2n) is 12.0. The molecule has 1 aromatic carbocycles. The molecule has 16 heteroatoms. The van der Waals surface area contributed by atoms with Crippen LogP contribution in [0.5, 0.6) is 11.5 Å². The van der Waals surface area contributed by atoms with E-state index in [-0.39, 0.29) is 36.5 Å². The Morgan fingerprint density at radius 3 is 2.21 bits per heavy atom. The molecule has 0 bridgehead atoms. The average Bonchev–Trinajstić information content (AvgIpc) is 2.86. The van der Waals surface area contributed by atoms with Gasteiger partial charge in [0.05, 0.1) is 26.0 Å². The number of aryl methyl sites for hydroxylation is 1. The van der Waals surface area contributed by atoms with Gasteiger partial charge in [0.2, 0.25) is 0 Å². The number of anilines is 2. The zero-order chi connectivity index (χ0) is 31.6. The number of hydrogen-bond donors (Lipinski definition) is 4. The van der Waals surface area contributed by atoms with Crippen molar-refractivity contribution in [3.05, 3.63) is 41.6 Å². The predicted octanol–water partition coefficient (Wildman–Crippen LogP) is 6.50. The zero-order valence-corrected chi connectivity index (χ0v) is 29.4. The molecule has 2 aromatic rings. The van der Waals surface area contributed by atoms with Crippen LogP contribution in [0.1, 0.15) is 11.1 Å². The predicted molar refractivity (Wildman–Crippen MR) is 176 cm³/mol. The number of amides is 1. The Bertz CT molecular complexity index is 1250. The van der Waals surface area contributed by atoms with Crippen molar-refractivity contribution in [2.24, 2.45) is 5.73 Å². The number of methoxy groups -OCH3 is 1. The minimum absolute atomic E-state index is 0.00333. The summed E-state index contributed by atoms with van der Waals surface area (Å²) in [4.78, 5) is 17.0. The number of ether oxygens (including phenoxy) is 2. The molecule has 0 aliphatic heterocycles. The number of thiocarbonyl (C=S) groups is 1. The fourth-order valence-electron chi connectivity index (χ4n) is 3.24.